The number of ether oxygens (including phenoxy) is 1. The highest BCUT2D eigenvalue weighted by atomic mass is 79.9. The van der Waals surface area contributed by atoms with Crippen LogP contribution in [0.2, 0.25) is 0 Å². The Balaban J connectivity index is 1.80. The molecule has 30 heavy (non-hydrogen) atoms. The van der Waals surface area contributed by atoms with Crippen molar-refractivity contribution >= 4 is 33.7 Å². The Labute approximate surface area is 184 Å². The average molecular weight is 473 g/mol. The zero-order chi connectivity index (χ0) is 21.7. The molecule has 1 saturated heterocycles. The van der Waals surface area contributed by atoms with Crippen LogP contribution < -0.4 is 5.32 Å². The summed E-state index contributed by atoms with van der Waals surface area (Å²) < 4.78 is 6.92. The van der Waals surface area contributed by atoms with Gasteiger partial charge in [0.25, 0.3) is 0 Å². The Morgan fingerprint density at radius 2 is 1.83 bits per heavy atom. The third kappa shape index (κ3) is 5.08. The van der Waals surface area contributed by atoms with Crippen LogP contribution in [0.1, 0.15) is 43.9 Å². The van der Waals surface area contributed by atoms with Crippen molar-refractivity contribution in [3.8, 4) is 0 Å². The van der Waals surface area contributed by atoms with Gasteiger partial charge in [-0.3, -0.25) is 9.59 Å². The Kier molecular flexibility index (Phi) is 6.92. The number of nitrogens with zero attached hydrogens (tertiary/aromatic N) is 1. The summed E-state index contributed by atoms with van der Waals surface area (Å²) in [7, 11) is 0. The van der Waals surface area contributed by atoms with Crippen LogP contribution in [0.3, 0.4) is 0 Å². The zero-order valence-electron chi connectivity index (χ0n) is 17.1. The van der Waals surface area contributed by atoms with E-state index in [2.05, 4.69) is 21.2 Å². The number of rotatable bonds is 7. The maximum Gasteiger partial charge on any atom is 0.411 e. The molecule has 2 aromatic carbocycles. The predicted octanol–water partition coefficient (Wildman–Crippen LogP) is 4.34. The molecule has 1 N–H and O–H groups in total. The van der Waals surface area contributed by atoms with Gasteiger partial charge in [0.15, 0.2) is 0 Å². The molecule has 0 aliphatic carbocycles. The van der Waals surface area contributed by atoms with Crippen LogP contribution in [-0.4, -0.2) is 35.8 Å². The fourth-order valence-electron chi connectivity index (χ4n) is 3.66. The number of carbonyl (C=O) groups excluding carboxylic acids is 3. The molecular formula is C23H25BrN2O4. The molecule has 1 aliphatic heterocycles. The van der Waals surface area contributed by atoms with E-state index >= 15 is 0 Å². The molecule has 0 radical (unpaired) electrons. The molecule has 0 spiro atoms. The van der Waals surface area contributed by atoms with Crippen molar-refractivity contribution in [1.82, 2.24) is 10.2 Å². The molecule has 158 valence electrons. The lowest BCUT2D eigenvalue weighted by molar-refractivity contribution is -0.132. The van der Waals surface area contributed by atoms with Crippen LogP contribution in [0.25, 0.3) is 0 Å². The normalized spacial score (nSPS) is 19.7. The smallest absolute Gasteiger partial charge is 0.411 e. The van der Waals surface area contributed by atoms with Gasteiger partial charge in [-0.2, -0.15) is 0 Å². The standard InChI is InChI=1S/C23H25BrN2O4/c1-16(27)15-25-21(28)14-23(19-6-4-3-5-7-19)12-13-26(22(29)30-23)17(2)18-8-10-20(24)11-9-18/h3-11,17H,12-15H2,1-2H3,(H,25,28)/t17-,23?/m0/s1. The number of Topliss-reactive ketones (excluding diaryl/α,β-unsaturated/α-hetero) is 1. The van der Waals surface area contributed by atoms with Gasteiger partial charge >= 0.3 is 6.09 Å². The molecule has 6 nitrogen and oxygen atoms in total. The number of hydrogen-bond acceptors (Lipinski definition) is 4. The van der Waals surface area contributed by atoms with E-state index in [-0.39, 0.29) is 30.7 Å². The van der Waals surface area contributed by atoms with Crippen molar-refractivity contribution in [3.63, 3.8) is 0 Å². The van der Waals surface area contributed by atoms with Gasteiger partial charge in [0.1, 0.15) is 11.4 Å². The second kappa shape index (κ2) is 9.43. The molecule has 7 heteroatoms. The highest BCUT2D eigenvalue weighted by Gasteiger charge is 2.45. The molecular weight excluding hydrogens is 448 g/mol. The van der Waals surface area contributed by atoms with Gasteiger partial charge in [-0.1, -0.05) is 58.4 Å². The molecule has 2 aromatic rings. The van der Waals surface area contributed by atoms with E-state index in [9.17, 15) is 14.4 Å². The van der Waals surface area contributed by atoms with Crippen molar-refractivity contribution in [3.05, 3.63) is 70.2 Å². The van der Waals surface area contributed by atoms with Gasteiger partial charge in [0.2, 0.25) is 5.91 Å². The fraction of sp³-hybridized carbons (Fsp3) is 0.348. The molecule has 2 atom stereocenters. The van der Waals surface area contributed by atoms with Crippen LogP contribution in [0.4, 0.5) is 4.79 Å². The molecule has 1 aliphatic rings. The van der Waals surface area contributed by atoms with Gasteiger partial charge in [-0.05, 0) is 37.1 Å². The number of nitrogens with one attached hydrogen (secondary N) is 1. The Morgan fingerprint density at radius 3 is 2.43 bits per heavy atom. The Hall–Kier alpha value is -2.67. The summed E-state index contributed by atoms with van der Waals surface area (Å²) >= 11 is 3.42. The maximum absolute atomic E-state index is 13.0. The minimum Gasteiger partial charge on any atom is -0.437 e. The van der Waals surface area contributed by atoms with Crippen molar-refractivity contribution in [2.24, 2.45) is 0 Å². The minimum absolute atomic E-state index is 0.0312. The van der Waals surface area contributed by atoms with Crippen LogP contribution in [0.15, 0.2) is 59.1 Å². The molecule has 0 saturated carbocycles. The van der Waals surface area contributed by atoms with Crippen molar-refractivity contribution in [1.29, 1.82) is 0 Å². The lowest BCUT2D eigenvalue weighted by atomic mass is 9.85. The Bertz CT molecular complexity index is 917. The first-order valence-electron chi connectivity index (χ1n) is 9.87. The highest BCUT2D eigenvalue weighted by molar-refractivity contribution is 9.10. The van der Waals surface area contributed by atoms with E-state index in [0.29, 0.717) is 13.0 Å². The van der Waals surface area contributed by atoms with Crippen molar-refractivity contribution in [2.45, 2.75) is 38.3 Å². The summed E-state index contributed by atoms with van der Waals surface area (Å²) in [5, 5.41) is 2.61. The van der Waals surface area contributed by atoms with E-state index in [4.69, 9.17) is 4.74 Å². The number of carbonyl (C=O) groups is 3. The first-order valence-corrected chi connectivity index (χ1v) is 10.7. The van der Waals surface area contributed by atoms with Gasteiger partial charge in [-0.25, -0.2) is 4.79 Å². The topological polar surface area (TPSA) is 75.7 Å². The number of ketones is 1. The summed E-state index contributed by atoms with van der Waals surface area (Å²) in [6, 6.07) is 17.0. The summed E-state index contributed by atoms with van der Waals surface area (Å²) in [6.45, 7) is 3.78. The molecule has 3 rings (SSSR count). The van der Waals surface area contributed by atoms with E-state index in [1.807, 2.05) is 61.5 Å². The van der Waals surface area contributed by atoms with E-state index < -0.39 is 11.7 Å². The molecule has 1 heterocycles. The lowest BCUT2D eigenvalue weighted by Crippen LogP contribution is -2.50. The molecule has 1 unspecified atom stereocenters. The van der Waals surface area contributed by atoms with Crippen molar-refractivity contribution < 1.29 is 19.1 Å². The number of hydrogen-bond donors (Lipinski definition) is 1. The van der Waals surface area contributed by atoms with E-state index in [0.717, 1.165) is 15.6 Å². The first-order chi connectivity index (χ1) is 14.3. The first kappa shape index (κ1) is 22.0. The highest BCUT2D eigenvalue weighted by Crippen LogP contribution is 2.39. The number of halogens is 1. The van der Waals surface area contributed by atoms with Crippen molar-refractivity contribution in [2.75, 3.05) is 13.1 Å². The summed E-state index contributed by atoms with van der Waals surface area (Å²) in [4.78, 5) is 38.4. The van der Waals surface area contributed by atoms with E-state index in [1.54, 1.807) is 4.90 Å². The summed E-state index contributed by atoms with van der Waals surface area (Å²) in [5.41, 5.74) is 0.712. The molecule has 0 aromatic heterocycles. The minimum atomic E-state index is -1.06. The van der Waals surface area contributed by atoms with Gasteiger partial charge in [-0.15, -0.1) is 0 Å². The second-order valence-corrected chi connectivity index (χ2v) is 8.47. The van der Waals surface area contributed by atoms with Crippen LogP contribution >= 0.6 is 15.9 Å². The third-order valence-corrected chi connectivity index (χ3v) is 5.90. The van der Waals surface area contributed by atoms with Gasteiger partial charge in [0.05, 0.1) is 19.0 Å². The average Bonchev–Trinajstić information content (AvgIpc) is 2.73. The number of cyclic esters (lactones) is 1. The molecule has 2 amide bonds. The van der Waals surface area contributed by atoms with Crippen LogP contribution in [0, 0.1) is 0 Å². The lowest BCUT2D eigenvalue weighted by Gasteiger charge is -2.43. The van der Waals surface area contributed by atoms with Crippen LogP contribution in [-0.2, 0) is 19.9 Å². The second-order valence-electron chi connectivity index (χ2n) is 7.55. The summed E-state index contributed by atoms with van der Waals surface area (Å²) in [5.74, 6) is -0.455. The molecule has 0 bridgehead atoms. The van der Waals surface area contributed by atoms with E-state index in [1.165, 1.54) is 6.92 Å². The number of benzene rings is 2. The van der Waals surface area contributed by atoms with Crippen LogP contribution in [0.5, 0.6) is 0 Å². The monoisotopic (exact) mass is 472 g/mol. The summed E-state index contributed by atoms with van der Waals surface area (Å²) in [6.07, 6.45) is -0.0203. The zero-order valence-corrected chi connectivity index (χ0v) is 18.6. The molecule has 1 fully saturated rings. The van der Waals surface area contributed by atoms with Gasteiger partial charge in [0, 0.05) is 17.4 Å². The SMILES string of the molecule is CC(=O)CNC(=O)CC1(c2ccccc2)CCN([C@@H](C)c2ccc(Br)cc2)C(=O)O1. The quantitative estimate of drug-likeness (QED) is 0.649. The van der Waals surface area contributed by atoms with Gasteiger partial charge < -0.3 is 15.0 Å². The predicted molar refractivity (Wildman–Crippen MR) is 117 cm³/mol. The number of amides is 2. The fourth-order valence-corrected chi connectivity index (χ4v) is 3.92. The maximum atomic E-state index is 13.0. The Morgan fingerprint density at radius 1 is 1.17 bits per heavy atom. The third-order valence-electron chi connectivity index (χ3n) is 5.37. The largest absolute Gasteiger partial charge is 0.437 e.